The molecule has 0 aromatic heterocycles. The van der Waals surface area contributed by atoms with Crippen LogP contribution >= 0.6 is 0 Å². The molecule has 0 aliphatic heterocycles. The monoisotopic (exact) mass is 317 g/mol. The molecule has 0 spiro atoms. The SMILES string of the molecule is C/C=C/c1ccccc1.C/C=C\C(C)=C/C.C=CC.CC.CN. The van der Waals surface area contributed by atoms with E-state index < -0.39 is 0 Å². The fourth-order valence-corrected chi connectivity index (χ4v) is 1.12. The topological polar surface area (TPSA) is 26.0 Å². The molecule has 0 unspecified atom stereocenters. The van der Waals surface area contributed by atoms with Gasteiger partial charge in [0, 0.05) is 0 Å². The summed E-state index contributed by atoms with van der Waals surface area (Å²) in [5.41, 5.74) is 7.09. The summed E-state index contributed by atoms with van der Waals surface area (Å²) in [7, 11) is 1.50. The molecule has 0 atom stereocenters. The summed E-state index contributed by atoms with van der Waals surface area (Å²) in [5, 5.41) is 0. The quantitative estimate of drug-likeness (QED) is 0.459. The van der Waals surface area contributed by atoms with Crippen LogP contribution < -0.4 is 5.73 Å². The molecule has 0 saturated heterocycles. The van der Waals surface area contributed by atoms with Gasteiger partial charge in [0.1, 0.15) is 0 Å². The molecule has 2 N–H and O–H groups in total. The Balaban J connectivity index is -0.000000115. The minimum Gasteiger partial charge on any atom is -0.333 e. The van der Waals surface area contributed by atoms with Gasteiger partial charge in [-0.2, -0.15) is 0 Å². The standard InChI is InChI=1S/C9H10.C7H12.C3H6.C2H6.CH5N/c1-2-6-9-7-4-3-5-8-9;1-4-6-7(3)5-2;1-3-2;2*1-2/h2-8H,1H3;4-6H,1-3H3;3H,1H2,2H3;1-2H3;2H2,1H3/b6-2+;6-4-,7-5-;;;. The van der Waals surface area contributed by atoms with Gasteiger partial charge in [-0.3, -0.25) is 0 Å². The van der Waals surface area contributed by atoms with Gasteiger partial charge < -0.3 is 5.73 Å². The van der Waals surface area contributed by atoms with Crippen molar-refractivity contribution in [1.82, 2.24) is 0 Å². The Hall–Kier alpha value is -1.86. The van der Waals surface area contributed by atoms with Crippen molar-refractivity contribution in [1.29, 1.82) is 0 Å². The number of nitrogens with two attached hydrogens (primary N) is 1. The number of hydrogen-bond donors (Lipinski definition) is 1. The van der Waals surface area contributed by atoms with Crippen molar-refractivity contribution in [3.05, 3.63) is 78.4 Å². The van der Waals surface area contributed by atoms with E-state index in [0.29, 0.717) is 0 Å². The van der Waals surface area contributed by atoms with Crippen molar-refractivity contribution in [2.75, 3.05) is 7.05 Å². The molecule has 0 aliphatic carbocycles. The first-order valence-electron chi connectivity index (χ1n) is 8.24. The second-order valence-corrected chi connectivity index (χ2v) is 3.85. The minimum absolute atomic E-state index is 1.26. The van der Waals surface area contributed by atoms with Gasteiger partial charge in [0.05, 0.1) is 0 Å². The molecule has 0 amide bonds. The maximum absolute atomic E-state index is 4.50. The van der Waals surface area contributed by atoms with Crippen LogP contribution in [0.4, 0.5) is 0 Å². The number of rotatable bonds is 2. The molecule has 1 heteroatoms. The lowest BCUT2D eigenvalue weighted by Gasteiger charge is -1.86. The third kappa shape index (κ3) is 33.1. The maximum Gasteiger partial charge on any atom is -0.0195 e. The van der Waals surface area contributed by atoms with Crippen LogP contribution in [-0.4, -0.2) is 7.05 Å². The molecule has 1 nitrogen and oxygen atoms in total. The van der Waals surface area contributed by atoms with Gasteiger partial charge in [-0.05, 0) is 47.2 Å². The lowest BCUT2D eigenvalue weighted by molar-refractivity contribution is 1.46. The normalized spacial score (nSPS) is 9.17. The highest BCUT2D eigenvalue weighted by molar-refractivity contribution is 5.47. The largest absolute Gasteiger partial charge is 0.333 e. The van der Waals surface area contributed by atoms with Crippen LogP contribution in [0.3, 0.4) is 0 Å². The van der Waals surface area contributed by atoms with Crippen molar-refractivity contribution < 1.29 is 0 Å². The lowest BCUT2D eigenvalue weighted by atomic mass is 10.2. The van der Waals surface area contributed by atoms with E-state index in [4.69, 9.17) is 0 Å². The van der Waals surface area contributed by atoms with Crippen LogP contribution in [0.2, 0.25) is 0 Å². The fourth-order valence-electron chi connectivity index (χ4n) is 1.12. The van der Waals surface area contributed by atoms with E-state index in [2.05, 4.69) is 49.6 Å². The molecule has 1 rings (SSSR count). The van der Waals surface area contributed by atoms with Crippen LogP contribution in [0.1, 0.15) is 54.0 Å². The number of benzene rings is 1. The van der Waals surface area contributed by atoms with E-state index in [9.17, 15) is 0 Å². The van der Waals surface area contributed by atoms with Gasteiger partial charge in [0.2, 0.25) is 0 Å². The Labute approximate surface area is 146 Å². The Kier molecular flexibility index (Phi) is 40.8. The van der Waals surface area contributed by atoms with Gasteiger partial charge in [0.25, 0.3) is 0 Å². The summed E-state index contributed by atoms with van der Waals surface area (Å²) in [5.74, 6) is 0. The molecule has 0 aliphatic rings. The third-order valence-corrected chi connectivity index (χ3v) is 2.04. The Morgan fingerprint density at radius 1 is 0.913 bits per heavy atom. The van der Waals surface area contributed by atoms with E-state index in [1.807, 2.05) is 71.9 Å². The lowest BCUT2D eigenvalue weighted by Crippen LogP contribution is -1.69. The smallest absolute Gasteiger partial charge is 0.0195 e. The zero-order valence-electron chi connectivity index (χ0n) is 16.6. The minimum atomic E-state index is 1.26. The average Bonchev–Trinajstić information content (AvgIpc) is 2.61. The van der Waals surface area contributed by atoms with Gasteiger partial charge in [-0.15, -0.1) is 6.58 Å². The highest BCUT2D eigenvalue weighted by atomic mass is 14.4. The van der Waals surface area contributed by atoms with E-state index in [1.54, 1.807) is 6.08 Å². The molecule has 0 saturated carbocycles. The van der Waals surface area contributed by atoms with Crippen molar-refractivity contribution >= 4 is 6.08 Å². The van der Waals surface area contributed by atoms with Crippen LogP contribution in [-0.2, 0) is 0 Å². The van der Waals surface area contributed by atoms with Gasteiger partial charge >= 0.3 is 0 Å². The molecule has 1 aromatic carbocycles. The van der Waals surface area contributed by atoms with E-state index in [0.717, 1.165) is 0 Å². The van der Waals surface area contributed by atoms with Crippen molar-refractivity contribution in [3.8, 4) is 0 Å². The molecule has 23 heavy (non-hydrogen) atoms. The Morgan fingerprint density at radius 2 is 1.35 bits per heavy atom. The molecule has 0 bridgehead atoms. The molecule has 0 fully saturated rings. The molecule has 0 radical (unpaired) electrons. The second kappa shape index (κ2) is 32.2. The summed E-state index contributed by atoms with van der Waals surface area (Å²) >= 11 is 0. The van der Waals surface area contributed by atoms with Crippen LogP contribution in [0.5, 0.6) is 0 Å². The van der Waals surface area contributed by atoms with Crippen molar-refractivity contribution in [3.63, 3.8) is 0 Å². The van der Waals surface area contributed by atoms with E-state index in [-0.39, 0.29) is 0 Å². The highest BCUT2D eigenvalue weighted by Gasteiger charge is 1.77. The molecular formula is C22H39N. The number of hydrogen-bond acceptors (Lipinski definition) is 1. The average molecular weight is 318 g/mol. The van der Waals surface area contributed by atoms with Crippen molar-refractivity contribution in [2.24, 2.45) is 5.73 Å². The molecule has 1 aromatic rings. The van der Waals surface area contributed by atoms with E-state index in [1.165, 1.54) is 18.2 Å². The van der Waals surface area contributed by atoms with Gasteiger partial charge in [-0.1, -0.05) is 86.2 Å². The van der Waals surface area contributed by atoms with Crippen molar-refractivity contribution in [2.45, 2.75) is 48.5 Å². The first-order valence-corrected chi connectivity index (χ1v) is 8.24. The van der Waals surface area contributed by atoms with Gasteiger partial charge in [-0.25, -0.2) is 0 Å². The first kappa shape index (κ1) is 29.2. The second-order valence-electron chi connectivity index (χ2n) is 3.85. The predicted octanol–water partition coefficient (Wildman–Crippen LogP) is 7.04. The number of allylic oxidation sites excluding steroid dienone is 6. The zero-order valence-corrected chi connectivity index (χ0v) is 16.6. The van der Waals surface area contributed by atoms with Crippen LogP contribution in [0, 0.1) is 0 Å². The predicted molar refractivity (Wildman–Crippen MR) is 113 cm³/mol. The Morgan fingerprint density at radius 3 is 1.61 bits per heavy atom. The van der Waals surface area contributed by atoms with Crippen LogP contribution in [0.15, 0.2) is 72.9 Å². The zero-order chi connectivity index (χ0) is 18.9. The summed E-state index contributed by atoms with van der Waals surface area (Å²) < 4.78 is 0. The molecular weight excluding hydrogens is 278 g/mol. The molecule has 132 valence electrons. The van der Waals surface area contributed by atoms with Gasteiger partial charge in [0.15, 0.2) is 0 Å². The summed E-state index contributed by atoms with van der Waals surface area (Å²) in [6, 6.07) is 10.3. The summed E-state index contributed by atoms with van der Waals surface area (Å²) in [6.45, 7) is 17.4. The summed E-state index contributed by atoms with van der Waals surface area (Å²) in [6.07, 6.45) is 12.1. The highest BCUT2D eigenvalue weighted by Crippen LogP contribution is 1.99. The molecule has 0 heterocycles. The Bertz CT molecular complexity index is 384. The van der Waals surface area contributed by atoms with Crippen LogP contribution in [0.25, 0.3) is 6.08 Å². The fraction of sp³-hybridized carbons (Fsp3) is 0.364. The third-order valence-electron chi connectivity index (χ3n) is 2.04. The van der Waals surface area contributed by atoms with E-state index >= 15 is 0 Å². The summed E-state index contributed by atoms with van der Waals surface area (Å²) in [4.78, 5) is 0. The first-order chi connectivity index (χ1) is 11.2. The maximum atomic E-state index is 4.50.